The van der Waals surface area contributed by atoms with Gasteiger partial charge in [-0.3, -0.25) is 4.79 Å². The van der Waals surface area contributed by atoms with Crippen LogP contribution in [0.5, 0.6) is 0 Å². The second kappa shape index (κ2) is 7.94. The highest BCUT2D eigenvalue weighted by Gasteiger charge is 2.23. The van der Waals surface area contributed by atoms with Crippen LogP contribution in [0.1, 0.15) is 35.4 Å². The molecule has 3 rings (SSSR count). The first-order chi connectivity index (χ1) is 12.1. The summed E-state index contributed by atoms with van der Waals surface area (Å²) in [5, 5.41) is 0. The number of imidazole rings is 1. The van der Waals surface area contributed by atoms with E-state index in [9.17, 15) is 9.59 Å². The van der Waals surface area contributed by atoms with Crippen LogP contribution in [0.2, 0.25) is 0 Å². The minimum absolute atomic E-state index is 0.0185. The van der Waals surface area contributed by atoms with Crippen molar-refractivity contribution in [2.24, 2.45) is 0 Å². The number of nitrogens with zero attached hydrogens (tertiary/aromatic N) is 2. The summed E-state index contributed by atoms with van der Waals surface area (Å²) in [6.45, 7) is 2.81. The van der Waals surface area contributed by atoms with E-state index >= 15 is 0 Å². The Balaban J connectivity index is 1.54. The van der Waals surface area contributed by atoms with E-state index in [1.54, 1.807) is 10.9 Å². The molecule has 1 fully saturated rings. The van der Waals surface area contributed by atoms with Crippen LogP contribution >= 0.6 is 0 Å². The molecule has 1 aromatic carbocycles. The summed E-state index contributed by atoms with van der Waals surface area (Å²) in [5.74, 6) is -0.910. The van der Waals surface area contributed by atoms with Crippen molar-refractivity contribution in [1.29, 1.82) is 0 Å². The largest absolute Gasteiger partial charge is 0.460 e. The van der Waals surface area contributed by atoms with Gasteiger partial charge in [-0.05, 0) is 12.5 Å². The predicted molar refractivity (Wildman–Crippen MR) is 88.1 cm³/mol. The van der Waals surface area contributed by atoms with Gasteiger partial charge in [0.1, 0.15) is 18.4 Å². The van der Waals surface area contributed by atoms with Crippen molar-refractivity contribution in [3.05, 3.63) is 54.1 Å². The third kappa shape index (κ3) is 4.24. The fourth-order valence-corrected chi connectivity index (χ4v) is 2.49. The minimum Gasteiger partial charge on any atom is -0.460 e. The summed E-state index contributed by atoms with van der Waals surface area (Å²) >= 11 is 0. The molecule has 0 aliphatic carbocycles. The van der Waals surface area contributed by atoms with E-state index in [2.05, 4.69) is 4.98 Å². The zero-order valence-corrected chi connectivity index (χ0v) is 14.0. The second-order valence-electron chi connectivity index (χ2n) is 5.81. The zero-order valence-electron chi connectivity index (χ0n) is 14.0. The van der Waals surface area contributed by atoms with Gasteiger partial charge in [0.25, 0.3) is 0 Å². The lowest BCUT2D eigenvalue weighted by Gasteiger charge is -2.25. The van der Waals surface area contributed by atoms with E-state index in [0.29, 0.717) is 18.9 Å². The number of carbonyl (C=O) groups is 2. The highest BCUT2D eigenvalue weighted by atomic mass is 16.6. The summed E-state index contributed by atoms with van der Waals surface area (Å²) < 4.78 is 17.0. The Labute approximate surface area is 145 Å². The van der Waals surface area contributed by atoms with Crippen LogP contribution in [0.3, 0.4) is 0 Å². The average Bonchev–Trinajstić information content (AvgIpc) is 3.08. The van der Waals surface area contributed by atoms with E-state index in [1.807, 2.05) is 37.3 Å². The van der Waals surface area contributed by atoms with E-state index < -0.39 is 11.9 Å². The SMILES string of the molecule is CC(c1ccccc1)n1cncc1C(=O)OCCC(=O)OC1COC1. The quantitative estimate of drug-likeness (QED) is 0.715. The molecule has 2 aromatic rings. The summed E-state index contributed by atoms with van der Waals surface area (Å²) in [5.41, 5.74) is 1.40. The van der Waals surface area contributed by atoms with Crippen molar-refractivity contribution in [1.82, 2.24) is 9.55 Å². The van der Waals surface area contributed by atoms with Gasteiger partial charge in [-0.15, -0.1) is 0 Å². The molecule has 1 unspecified atom stereocenters. The first-order valence-corrected chi connectivity index (χ1v) is 8.16. The molecular weight excluding hydrogens is 324 g/mol. The lowest BCUT2D eigenvalue weighted by Crippen LogP contribution is -2.38. The van der Waals surface area contributed by atoms with Gasteiger partial charge in [0.2, 0.25) is 0 Å². The topological polar surface area (TPSA) is 79.7 Å². The third-order valence-corrected chi connectivity index (χ3v) is 4.02. The highest BCUT2D eigenvalue weighted by molar-refractivity contribution is 5.87. The number of aromatic nitrogens is 2. The Hall–Kier alpha value is -2.67. The van der Waals surface area contributed by atoms with Crippen LogP contribution in [0.25, 0.3) is 0 Å². The molecule has 132 valence electrons. The molecule has 0 amide bonds. The average molecular weight is 344 g/mol. The lowest BCUT2D eigenvalue weighted by molar-refractivity contribution is -0.172. The van der Waals surface area contributed by atoms with Crippen LogP contribution in [0.15, 0.2) is 42.9 Å². The van der Waals surface area contributed by atoms with Crippen LogP contribution in [0.4, 0.5) is 0 Å². The van der Waals surface area contributed by atoms with Crippen LogP contribution in [-0.2, 0) is 19.0 Å². The summed E-state index contributed by atoms with van der Waals surface area (Å²) in [7, 11) is 0. The van der Waals surface area contributed by atoms with Gasteiger partial charge in [-0.2, -0.15) is 0 Å². The summed E-state index contributed by atoms with van der Waals surface area (Å²) in [4.78, 5) is 27.9. The van der Waals surface area contributed by atoms with Crippen LogP contribution in [0, 0.1) is 0 Å². The van der Waals surface area contributed by atoms with Gasteiger partial charge < -0.3 is 18.8 Å². The molecule has 0 bridgehead atoms. The molecule has 25 heavy (non-hydrogen) atoms. The fraction of sp³-hybridized carbons (Fsp3) is 0.389. The highest BCUT2D eigenvalue weighted by Crippen LogP contribution is 2.19. The second-order valence-corrected chi connectivity index (χ2v) is 5.81. The van der Waals surface area contributed by atoms with Gasteiger partial charge in [-0.25, -0.2) is 9.78 Å². The molecule has 7 heteroatoms. The number of ether oxygens (including phenoxy) is 3. The van der Waals surface area contributed by atoms with Gasteiger partial charge in [0.05, 0.1) is 38.2 Å². The molecule has 0 spiro atoms. The number of hydrogen-bond donors (Lipinski definition) is 0. The predicted octanol–water partition coefficient (Wildman–Crippen LogP) is 1.98. The van der Waals surface area contributed by atoms with Gasteiger partial charge in [0.15, 0.2) is 0 Å². The number of carbonyl (C=O) groups excluding carboxylic acids is 2. The number of benzene rings is 1. The van der Waals surface area contributed by atoms with Crippen LogP contribution in [-0.4, -0.2) is 47.4 Å². The molecule has 7 nitrogen and oxygen atoms in total. The first-order valence-electron chi connectivity index (χ1n) is 8.16. The Morgan fingerprint density at radius 3 is 2.76 bits per heavy atom. The molecule has 1 aromatic heterocycles. The van der Waals surface area contributed by atoms with Crippen molar-refractivity contribution in [2.45, 2.75) is 25.5 Å². The smallest absolute Gasteiger partial charge is 0.356 e. The normalized spacial score (nSPS) is 15.2. The van der Waals surface area contributed by atoms with Gasteiger partial charge in [0, 0.05) is 0 Å². The van der Waals surface area contributed by atoms with Crippen molar-refractivity contribution >= 4 is 11.9 Å². The maximum absolute atomic E-state index is 12.3. The van der Waals surface area contributed by atoms with E-state index in [0.717, 1.165) is 5.56 Å². The summed E-state index contributed by atoms with van der Waals surface area (Å²) in [6.07, 6.45) is 2.91. The van der Waals surface area contributed by atoms with E-state index in [-0.39, 0.29) is 25.2 Å². The Morgan fingerprint density at radius 2 is 2.08 bits per heavy atom. The molecule has 0 N–H and O–H groups in total. The molecule has 1 aliphatic rings. The maximum atomic E-state index is 12.3. The molecule has 0 saturated carbocycles. The van der Waals surface area contributed by atoms with E-state index in [4.69, 9.17) is 14.2 Å². The maximum Gasteiger partial charge on any atom is 0.356 e. The van der Waals surface area contributed by atoms with Crippen molar-refractivity contribution in [3.63, 3.8) is 0 Å². The van der Waals surface area contributed by atoms with Gasteiger partial charge >= 0.3 is 11.9 Å². The summed E-state index contributed by atoms with van der Waals surface area (Å²) in [6, 6.07) is 9.74. The Morgan fingerprint density at radius 1 is 1.32 bits per heavy atom. The zero-order chi connectivity index (χ0) is 17.6. The molecule has 2 heterocycles. The molecular formula is C18H20N2O5. The standard InChI is InChI=1S/C18H20N2O5/c1-13(14-5-3-2-4-6-14)20-12-19-9-16(20)18(22)24-8-7-17(21)25-15-10-23-11-15/h2-6,9,12-13,15H,7-8,10-11H2,1H3. The van der Waals surface area contributed by atoms with Gasteiger partial charge in [-0.1, -0.05) is 30.3 Å². The molecule has 1 atom stereocenters. The van der Waals surface area contributed by atoms with Crippen LogP contribution < -0.4 is 0 Å². The molecule has 0 radical (unpaired) electrons. The monoisotopic (exact) mass is 344 g/mol. The van der Waals surface area contributed by atoms with Crippen molar-refractivity contribution < 1.29 is 23.8 Å². The lowest BCUT2D eigenvalue weighted by atomic mass is 10.1. The third-order valence-electron chi connectivity index (χ3n) is 4.02. The molecule has 1 aliphatic heterocycles. The number of rotatable bonds is 7. The molecule has 1 saturated heterocycles. The Bertz CT molecular complexity index is 724. The number of hydrogen-bond acceptors (Lipinski definition) is 6. The number of esters is 2. The van der Waals surface area contributed by atoms with Crippen molar-refractivity contribution in [2.75, 3.05) is 19.8 Å². The first kappa shape index (κ1) is 17.2. The van der Waals surface area contributed by atoms with E-state index in [1.165, 1.54) is 6.20 Å². The fourth-order valence-electron chi connectivity index (χ4n) is 2.49. The minimum atomic E-state index is -0.514. The Kier molecular flexibility index (Phi) is 5.45. The van der Waals surface area contributed by atoms with Crippen molar-refractivity contribution in [3.8, 4) is 0 Å².